The summed E-state index contributed by atoms with van der Waals surface area (Å²) in [6, 6.07) is 3.35. The molecule has 0 unspecified atom stereocenters. The normalized spacial score (nSPS) is 10.1. The molecule has 0 saturated heterocycles. The van der Waals surface area contributed by atoms with Crippen LogP contribution in [0.15, 0.2) is 24.5 Å². The minimum Gasteiger partial charge on any atom is -0.434 e. The molecule has 0 amide bonds. The van der Waals surface area contributed by atoms with Gasteiger partial charge in [0.15, 0.2) is 5.75 Å². The molecule has 0 aliphatic heterocycles. The van der Waals surface area contributed by atoms with Crippen LogP contribution in [-0.4, -0.2) is 15.0 Å². The monoisotopic (exact) mass is 235 g/mol. The summed E-state index contributed by atoms with van der Waals surface area (Å²) in [5.74, 6) is 4.74. The van der Waals surface area contributed by atoms with Gasteiger partial charge in [0.25, 0.3) is 5.88 Å². The lowest BCUT2D eigenvalue weighted by molar-refractivity contribution is 0.416. The first-order valence-electron chi connectivity index (χ1n) is 4.79. The summed E-state index contributed by atoms with van der Waals surface area (Å²) in [4.78, 5) is 11.4. The minimum atomic E-state index is -0.674. The molecule has 0 aliphatic rings. The predicted molar refractivity (Wildman–Crippen MR) is 58.8 cm³/mol. The summed E-state index contributed by atoms with van der Waals surface area (Å²) >= 11 is 0. The molecule has 88 valence electrons. The van der Waals surface area contributed by atoms with E-state index in [1.807, 2.05) is 0 Å². The van der Waals surface area contributed by atoms with Crippen LogP contribution in [0.3, 0.4) is 0 Å². The number of rotatable bonds is 3. The van der Waals surface area contributed by atoms with Crippen molar-refractivity contribution in [2.75, 3.05) is 5.43 Å². The number of ether oxygens (including phenoxy) is 1. The average Bonchev–Trinajstić information content (AvgIpc) is 2.35. The Hall–Kier alpha value is -2.28. The van der Waals surface area contributed by atoms with Gasteiger partial charge in [0.05, 0.1) is 11.9 Å². The van der Waals surface area contributed by atoms with Crippen LogP contribution in [0.1, 0.15) is 5.69 Å². The van der Waals surface area contributed by atoms with Crippen molar-refractivity contribution in [3.8, 4) is 11.6 Å². The fourth-order valence-corrected chi connectivity index (χ4v) is 1.17. The maximum absolute atomic E-state index is 13.4. The third kappa shape index (κ3) is 2.45. The van der Waals surface area contributed by atoms with E-state index in [-0.39, 0.29) is 11.8 Å². The van der Waals surface area contributed by atoms with Crippen LogP contribution >= 0.6 is 0 Å². The average molecular weight is 235 g/mol. The van der Waals surface area contributed by atoms with Gasteiger partial charge in [-0.2, -0.15) is 9.37 Å². The van der Waals surface area contributed by atoms with Gasteiger partial charge in [-0.15, -0.1) is 0 Å². The van der Waals surface area contributed by atoms with Gasteiger partial charge in [0, 0.05) is 6.20 Å². The Labute approximate surface area is 96.7 Å². The highest BCUT2D eigenvalue weighted by atomic mass is 19.1. The Morgan fingerprint density at radius 3 is 2.94 bits per heavy atom. The summed E-state index contributed by atoms with van der Waals surface area (Å²) in [5.41, 5.74) is 2.84. The van der Waals surface area contributed by atoms with E-state index in [0.717, 1.165) is 6.20 Å². The molecular formula is C10H10FN5O. The molecule has 0 spiro atoms. The number of anilines is 1. The number of halogens is 1. The molecule has 6 nitrogen and oxygen atoms in total. The van der Waals surface area contributed by atoms with Gasteiger partial charge in [-0.1, -0.05) is 0 Å². The lowest BCUT2D eigenvalue weighted by Crippen LogP contribution is -2.11. The van der Waals surface area contributed by atoms with Gasteiger partial charge in [-0.25, -0.2) is 10.8 Å². The Morgan fingerprint density at radius 2 is 2.24 bits per heavy atom. The van der Waals surface area contributed by atoms with Gasteiger partial charge < -0.3 is 4.74 Å². The smallest absolute Gasteiger partial charge is 0.260 e. The number of pyridine rings is 1. The highest BCUT2D eigenvalue weighted by molar-refractivity contribution is 5.33. The van der Waals surface area contributed by atoms with E-state index in [1.165, 1.54) is 0 Å². The first kappa shape index (κ1) is 11.2. The van der Waals surface area contributed by atoms with Crippen molar-refractivity contribution >= 4 is 5.95 Å². The van der Waals surface area contributed by atoms with Crippen LogP contribution < -0.4 is 16.0 Å². The van der Waals surface area contributed by atoms with Crippen LogP contribution in [-0.2, 0) is 0 Å². The molecule has 3 N–H and O–H groups in total. The van der Waals surface area contributed by atoms with Gasteiger partial charge in [-0.05, 0) is 19.1 Å². The lowest BCUT2D eigenvalue weighted by atomic mass is 10.3. The molecule has 0 bridgehead atoms. The molecular weight excluding hydrogens is 225 g/mol. The van der Waals surface area contributed by atoms with Gasteiger partial charge in [0.1, 0.15) is 0 Å². The molecule has 2 heterocycles. The zero-order valence-electron chi connectivity index (χ0n) is 9.01. The largest absolute Gasteiger partial charge is 0.434 e. The molecule has 0 fully saturated rings. The van der Waals surface area contributed by atoms with E-state index in [4.69, 9.17) is 10.6 Å². The van der Waals surface area contributed by atoms with E-state index in [0.29, 0.717) is 11.4 Å². The molecule has 0 aromatic carbocycles. The van der Waals surface area contributed by atoms with Crippen molar-refractivity contribution in [2.45, 2.75) is 6.92 Å². The van der Waals surface area contributed by atoms with Crippen molar-refractivity contribution in [1.29, 1.82) is 0 Å². The minimum absolute atomic E-state index is 0.0722. The van der Waals surface area contributed by atoms with Crippen LogP contribution in [0.4, 0.5) is 10.3 Å². The summed E-state index contributed by atoms with van der Waals surface area (Å²) < 4.78 is 18.7. The summed E-state index contributed by atoms with van der Waals surface area (Å²) in [7, 11) is 0. The fourth-order valence-electron chi connectivity index (χ4n) is 1.17. The lowest BCUT2D eigenvalue weighted by Gasteiger charge is -2.08. The molecule has 7 heteroatoms. The Kier molecular flexibility index (Phi) is 3.10. The van der Waals surface area contributed by atoms with Crippen molar-refractivity contribution in [2.24, 2.45) is 5.84 Å². The number of nitrogens with zero attached hydrogens (tertiary/aromatic N) is 3. The first-order valence-corrected chi connectivity index (χ1v) is 4.79. The predicted octanol–water partition coefficient (Wildman–Crippen LogP) is 1.40. The second kappa shape index (κ2) is 4.71. The highest BCUT2D eigenvalue weighted by Gasteiger charge is 2.10. The van der Waals surface area contributed by atoms with Gasteiger partial charge in [0.2, 0.25) is 11.8 Å². The summed E-state index contributed by atoms with van der Waals surface area (Å²) in [6.07, 6.45) is 2.59. The van der Waals surface area contributed by atoms with Gasteiger partial charge >= 0.3 is 0 Å². The number of nitrogens with two attached hydrogens (primary N) is 1. The van der Waals surface area contributed by atoms with Crippen molar-refractivity contribution in [3.63, 3.8) is 0 Å². The molecule has 2 aromatic rings. The second-order valence-electron chi connectivity index (χ2n) is 3.18. The quantitative estimate of drug-likeness (QED) is 0.617. The van der Waals surface area contributed by atoms with Crippen molar-refractivity contribution in [3.05, 3.63) is 36.0 Å². The molecule has 2 aromatic heterocycles. The van der Waals surface area contributed by atoms with Crippen molar-refractivity contribution in [1.82, 2.24) is 15.0 Å². The standard InChI is InChI=1S/C10H10FN5O/c1-6-8(3-2-4-13-6)17-9-7(11)5-14-10(15-9)16-12/h2-5H,12H2,1H3,(H,14,15,16). The number of hydrogen-bond acceptors (Lipinski definition) is 6. The highest BCUT2D eigenvalue weighted by Crippen LogP contribution is 2.24. The number of nitrogen functional groups attached to an aromatic ring is 1. The SMILES string of the molecule is Cc1ncccc1Oc1nc(NN)ncc1F. The Morgan fingerprint density at radius 1 is 1.41 bits per heavy atom. The fraction of sp³-hybridized carbons (Fsp3) is 0.100. The molecule has 0 atom stereocenters. The summed E-state index contributed by atoms with van der Waals surface area (Å²) in [5, 5.41) is 0. The number of nitrogens with one attached hydrogen (secondary N) is 1. The van der Waals surface area contributed by atoms with E-state index in [9.17, 15) is 4.39 Å². The number of aryl methyl sites for hydroxylation is 1. The van der Waals surface area contributed by atoms with E-state index in [2.05, 4.69) is 20.4 Å². The topological polar surface area (TPSA) is 86.0 Å². The maximum atomic E-state index is 13.4. The third-order valence-electron chi connectivity index (χ3n) is 2.01. The second-order valence-corrected chi connectivity index (χ2v) is 3.18. The van der Waals surface area contributed by atoms with Crippen LogP contribution in [0.25, 0.3) is 0 Å². The van der Waals surface area contributed by atoms with E-state index in [1.54, 1.807) is 25.3 Å². The summed E-state index contributed by atoms with van der Waals surface area (Å²) in [6.45, 7) is 1.75. The number of aromatic nitrogens is 3. The van der Waals surface area contributed by atoms with Crippen LogP contribution in [0, 0.1) is 12.7 Å². The molecule has 2 rings (SSSR count). The Balaban J connectivity index is 2.32. The third-order valence-corrected chi connectivity index (χ3v) is 2.01. The molecule has 17 heavy (non-hydrogen) atoms. The number of hydrazine groups is 1. The Bertz CT molecular complexity index is 534. The zero-order valence-corrected chi connectivity index (χ0v) is 9.01. The van der Waals surface area contributed by atoms with Crippen LogP contribution in [0.5, 0.6) is 11.6 Å². The zero-order chi connectivity index (χ0) is 12.3. The van der Waals surface area contributed by atoms with Crippen molar-refractivity contribution < 1.29 is 9.13 Å². The van der Waals surface area contributed by atoms with Crippen LogP contribution in [0.2, 0.25) is 0 Å². The van der Waals surface area contributed by atoms with E-state index >= 15 is 0 Å². The molecule has 0 saturated carbocycles. The maximum Gasteiger partial charge on any atom is 0.260 e. The molecule has 0 radical (unpaired) electrons. The van der Waals surface area contributed by atoms with Gasteiger partial charge in [-0.3, -0.25) is 10.4 Å². The number of hydrogen-bond donors (Lipinski definition) is 2. The van der Waals surface area contributed by atoms with E-state index < -0.39 is 5.82 Å². The first-order chi connectivity index (χ1) is 8.20. The molecule has 0 aliphatic carbocycles.